The normalized spacial score (nSPS) is 16.0. The summed E-state index contributed by atoms with van der Waals surface area (Å²) in [6.45, 7) is 9.37. The summed E-state index contributed by atoms with van der Waals surface area (Å²) in [5, 5.41) is 1.12. The van der Waals surface area contributed by atoms with E-state index >= 15 is 0 Å². The molecule has 0 bridgehead atoms. The van der Waals surface area contributed by atoms with Crippen LogP contribution in [0.5, 0.6) is 5.75 Å². The van der Waals surface area contributed by atoms with Crippen LogP contribution in [0, 0.1) is 0 Å². The van der Waals surface area contributed by atoms with Crippen molar-refractivity contribution in [2.45, 2.75) is 77.6 Å². The van der Waals surface area contributed by atoms with Crippen LogP contribution in [0.1, 0.15) is 75.1 Å². The largest absolute Gasteiger partial charge is 0.494 e. The number of aromatic nitrogens is 1. The molecule has 248 valence electrons. The zero-order chi connectivity index (χ0) is 32.1. The minimum atomic E-state index is -0.226. The van der Waals surface area contributed by atoms with E-state index in [1.807, 2.05) is 35.2 Å². The lowest BCUT2D eigenvalue weighted by Gasteiger charge is -2.36. The number of esters is 1. The molecule has 46 heavy (non-hydrogen) atoms. The molecule has 0 radical (unpaired) electrons. The molecule has 0 unspecified atom stereocenters. The van der Waals surface area contributed by atoms with E-state index in [0.29, 0.717) is 32.4 Å². The second kappa shape index (κ2) is 17.3. The van der Waals surface area contributed by atoms with Crippen molar-refractivity contribution in [1.82, 2.24) is 14.8 Å². The first-order valence-electron chi connectivity index (χ1n) is 17.5. The average molecular weight is 629 g/mol. The number of fused-ring (bicyclic) bond motifs is 1. The number of aryl methyl sites for hydroxylation is 2. The van der Waals surface area contributed by atoms with Crippen LogP contribution in [0.25, 0.3) is 10.9 Å². The lowest BCUT2D eigenvalue weighted by Crippen LogP contribution is -2.49. The van der Waals surface area contributed by atoms with Crippen molar-refractivity contribution in [1.29, 1.82) is 0 Å². The van der Waals surface area contributed by atoms with Gasteiger partial charge in [-0.3, -0.25) is 14.6 Å². The Balaban J connectivity index is 1.14. The highest BCUT2D eigenvalue weighted by molar-refractivity contribution is 5.92. The fourth-order valence-corrected chi connectivity index (χ4v) is 6.58. The molecular formula is C38H52N4O4. The van der Waals surface area contributed by atoms with Crippen LogP contribution in [0.15, 0.2) is 48.5 Å². The summed E-state index contributed by atoms with van der Waals surface area (Å²) >= 11 is 0. The first-order valence-corrected chi connectivity index (χ1v) is 17.5. The number of amides is 1. The van der Waals surface area contributed by atoms with Gasteiger partial charge in [0, 0.05) is 50.2 Å². The third-order valence-corrected chi connectivity index (χ3v) is 9.36. The predicted octanol–water partition coefficient (Wildman–Crippen LogP) is 6.22. The molecule has 8 nitrogen and oxygen atoms in total. The number of methoxy groups -OCH3 is 1. The van der Waals surface area contributed by atoms with Crippen molar-refractivity contribution in [3.05, 3.63) is 65.4 Å². The monoisotopic (exact) mass is 628 g/mol. The number of ether oxygens (including phenoxy) is 2. The number of anilines is 1. The maximum Gasteiger partial charge on any atom is 0.305 e. The van der Waals surface area contributed by atoms with E-state index in [4.69, 9.17) is 14.5 Å². The highest BCUT2D eigenvalue weighted by Gasteiger charge is 2.23. The van der Waals surface area contributed by atoms with Crippen molar-refractivity contribution in [2.75, 3.05) is 64.4 Å². The van der Waals surface area contributed by atoms with Gasteiger partial charge in [-0.1, -0.05) is 44.4 Å². The van der Waals surface area contributed by atoms with Crippen LogP contribution in [-0.4, -0.2) is 86.2 Å². The highest BCUT2D eigenvalue weighted by Crippen LogP contribution is 2.30. The van der Waals surface area contributed by atoms with Gasteiger partial charge in [-0.15, -0.1) is 0 Å². The summed E-state index contributed by atoms with van der Waals surface area (Å²) in [5.41, 5.74) is 5.31. The summed E-state index contributed by atoms with van der Waals surface area (Å²) in [6.07, 6.45) is 11.0. The maximum absolute atomic E-state index is 13.3. The number of hydrogen-bond acceptors (Lipinski definition) is 7. The van der Waals surface area contributed by atoms with Gasteiger partial charge in [-0.25, -0.2) is 0 Å². The molecule has 3 heterocycles. The lowest BCUT2D eigenvalue weighted by molar-refractivity contribution is -0.140. The number of carbonyl (C=O) groups excluding carboxylic acids is 2. The number of unbranched alkanes of at least 4 members (excludes halogenated alkanes) is 1. The van der Waals surface area contributed by atoms with E-state index in [9.17, 15) is 9.59 Å². The first-order chi connectivity index (χ1) is 22.5. The topological polar surface area (TPSA) is 75.2 Å². The summed E-state index contributed by atoms with van der Waals surface area (Å²) in [5.74, 6) is 0.808. The smallest absolute Gasteiger partial charge is 0.305 e. The van der Waals surface area contributed by atoms with Gasteiger partial charge in [0.1, 0.15) is 5.75 Å². The Hall–Kier alpha value is -3.65. The van der Waals surface area contributed by atoms with Crippen LogP contribution >= 0.6 is 0 Å². The molecule has 8 heteroatoms. The third kappa shape index (κ3) is 9.68. The Morgan fingerprint density at radius 1 is 0.826 bits per heavy atom. The minimum Gasteiger partial charge on any atom is -0.494 e. The number of pyridine rings is 1. The number of benzene rings is 2. The Kier molecular flexibility index (Phi) is 12.7. The maximum atomic E-state index is 13.3. The molecule has 1 amide bonds. The molecule has 2 saturated heterocycles. The van der Waals surface area contributed by atoms with Gasteiger partial charge in [0.15, 0.2) is 0 Å². The number of carbonyl (C=O) groups is 2. The molecule has 0 N–H and O–H groups in total. The van der Waals surface area contributed by atoms with Crippen LogP contribution in [0.2, 0.25) is 0 Å². The molecule has 0 atom stereocenters. The summed E-state index contributed by atoms with van der Waals surface area (Å²) in [6, 6.07) is 16.7. The van der Waals surface area contributed by atoms with Crippen molar-refractivity contribution in [2.24, 2.45) is 0 Å². The van der Waals surface area contributed by atoms with Gasteiger partial charge >= 0.3 is 5.97 Å². The van der Waals surface area contributed by atoms with E-state index in [1.165, 1.54) is 51.4 Å². The predicted molar refractivity (Wildman–Crippen MR) is 185 cm³/mol. The van der Waals surface area contributed by atoms with Crippen LogP contribution in [0.3, 0.4) is 0 Å². The fourth-order valence-electron chi connectivity index (χ4n) is 6.58. The molecule has 2 aliphatic rings. The minimum absolute atomic E-state index is 0.163. The summed E-state index contributed by atoms with van der Waals surface area (Å²) in [7, 11) is 1.42. The molecule has 0 saturated carbocycles. The standard InChI is InChI=1S/C38H52N4O4/c1-3-4-10-31-27-32-13-14-33(15-18-37(44)45-2)39-38(32)35(28-31)41-22-24-42(25-23-41)36(43)29-30-11-16-34(17-12-30)46-26-9-21-40-19-7-5-6-8-20-40/h11-14,16-17,27-28H,3-10,15,18-26,29H2,1-2H3. The number of likely N-dealkylation sites (tertiary alicyclic amines) is 1. The van der Waals surface area contributed by atoms with E-state index < -0.39 is 0 Å². The first kappa shape index (κ1) is 33.7. The van der Waals surface area contributed by atoms with E-state index in [-0.39, 0.29) is 11.9 Å². The molecule has 2 aromatic carbocycles. The quantitative estimate of drug-likeness (QED) is 0.155. The van der Waals surface area contributed by atoms with Gasteiger partial charge in [0.2, 0.25) is 5.91 Å². The third-order valence-electron chi connectivity index (χ3n) is 9.36. The molecule has 2 aliphatic heterocycles. The summed E-state index contributed by atoms with van der Waals surface area (Å²) in [4.78, 5) is 36.9. The molecule has 5 rings (SSSR count). The van der Waals surface area contributed by atoms with Crippen molar-refractivity contribution in [3.63, 3.8) is 0 Å². The molecule has 3 aromatic rings. The van der Waals surface area contributed by atoms with E-state index in [1.54, 1.807) is 0 Å². The second-order valence-corrected chi connectivity index (χ2v) is 12.8. The number of nitrogens with zero attached hydrogens (tertiary/aromatic N) is 4. The van der Waals surface area contributed by atoms with Crippen molar-refractivity contribution >= 4 is 28.5 Å². The van der Waals surface area contributed by atoms with Gasteiger partial charge in [-0.2, -0.15) is 0 Å². The van der Waals surface area contributed by atoms with Crippen molar-refractivity contribution in [3.8, 4) is 5.75 Å². The SMILES string of the molecule is CCCCc1cc(N2CCN(C(=O)Cc3ccc(OCCCN4CCCCCC4)cc3)CC2)c2nc(CCC(=O)OC)ccc2c1. The fraction of sp³-hybridized carbons (Fsp3) is 0.553. The Labute approximate surface area is 275 Å². The van der Waals surface area contributed by atoms with E-state index in [2.05, 4.69) is 34.9 Å². The highest BCUT2D eigenvalue weighted by atomic mass is 16.5. The summed E-state index contributed by atoms with van der Waals surface area (Å²) < 4.78 is 10.8. The van der Waals surface area contributed by atoms with E-state index in [0.717, 1.165) is 85.5 Å². The molecule has 1 aromatic heterocycles. The molecular weight excluding hydrogens is 576 g/mol. The Morgan fingerprint density at radius 2 is 1.59 bits per heavy atom. The zero-order valence-electron chi connectivity index (χ0n) is 28.0. The zero-order valence-corrected chi connectivity index (χ0v) is 28.0. The Bertz CT molecular complexity index is 1410. The van der Waals surface area contributed by atoms with Gasteiger partial charge in [-0.05, 0) is 86.7 Å². The second-order valence-electron chi connectivity index (χ2n) is 12.8. The number of piperazine rings is 1. The lowest BCUT2D eigenvalue weighted by atomic mass is 10.0. The van der Waals surface area contributed by atoms with Gasteiger partial charge in [0.05, 0.1) is 37.8 Å². The number of rotatable bonds is 14. The number of hydrogen-bond donors (Lipinski definition) is 0. The molecule has 0 spiro atoms. The van der Waals surface area contributed by atoms with Crippen LogP contribution in [0.4, 0.5) is 5.69 Å². The van der Waals surface area contributed by atoms with Gasteiger partial charge < -0.3 is 24.2 Å². The van der Waals surface area contributed by atoms with Crippen molar-refractivity contribution < 1.29 is 19.1 Å². The molecule has 2 fully saturated rings. The van der Waals surface area contributed by atoms with Gasteiger partial charge in [0.25, 0.3) is 0 Å². The van der Waals surface area contributed by atoms with Crippen LogP contribution in [-0.2, 0) is 33.6 Å². The Morgan fingerprint density at radius 3 is 2.30 bits per heavy atom. The van der Waals surface area contributed by atoms with Crippen LogP contribution < -0.4 is 9.64 Å². The molecule has 0 aliphatic carbocycles. The average Bonchev–Trinajstić information content (AvgIpc) is 3.37.